The van der Waals surface area contributed by atoms with Gasteiger partial charge in [0.15, 0.2) is 0 Å². The summed E-state index contributed by atoms with van der Waals surface area (Å²) in [5.74, 6) is -0.919. The first-order valence-electron chi connectivity index (χ1n) is 6.68. The smallest absolute Gasteiger partial charge is 0.407 e. The fourth-order valence-corrected chi connectivity index (χ4v) is 2.29. The van der Waals surface area contributed by atoms with E-state index in [2.05, 4.69) is 10.6 Å². The van der Waals surface area contributed by atoms with E-state index in [1.54, 1.807) is 11.4 Å². The molecule has 0 aromatic carbocycles. The minimum atomic E-state index is -0.919. The van der Waals surface area contributed by atoms with E-state index in [4.69, 9.17) is 9.84 Å². The second kappa shape index (κ2) is 7.42. The molecule has 1 amide bonds. The third-order valence-corrected chi connectivity index (χ3v) is 3.41. The molecular weight excluding hydrogens is 292 g/mol. The lowest BCUT2D eigenvalue weighted by Crippen LogP contribution is -2.40. The molecule has 0 saturated heterocycles. The first-order valence-corrected chi connectivity index (χ1v) is 7.56. The molecule has 1 aromatic rings. The fraction of sp³-hybridized carbons (Fsp3) is 0.571. The molecule has 0 spiro atoms. The quantitative estimate of drug-likeness (QED) is 0.750. The molecule has 1 atom stereocenters. The summed E-state index contributed by atoms with van der Waals surface area (Å²) in [7, 11) is 0. The number of carboxylic acid groups (broad SMARTS) is 1. The van der Waals surface area contributed by atoms with Gasteiger partial charge in [-0.25, -0.2) is 9.59 Å². The van der Waals surface area contributed by atoms with Gasteiger partial charge in [-0.1, -0.05) is 0 Å². The lowest BCUT2D eigenvalue weighted by Gasteiger charge is -2.21. The van der Waals surface area contributed by atoms with Crippen molar-refractivity contribution in [3.8, 4) is 0 Å². The number of thiophene rings is 1. The molecule has 1 rings (SSSR count). The minimum absolute atomic E-state index is 0.0490. The zero-order valence-electron chi connectivity index (χ0n) is 12.7. The maximum Gasteiger partial charge on any atom is 0.407 e. The lowest BCUT2D eigenvalue weighted by molar-refractivity contribution is 0.0522. The number of hydrogen-bond donors (Lipinski definition) is 3. The number of amides is 1. The van der Waals surface area contributed by atoms with Gasteiger partial charge in [-0.2, -0.15) is 0 Å². The number of ether oxygens (including phenoxy) is 1. The van der Waals surface area contributed by atoms with E-state index < -0.39 is 17.7 Å². The number of carbonyl (C=O) groups is 2. The molecule has 0 saturated carbocycles. The van der Waals surface area contributed by atoms with E-state index in [1.165, 1.54) is 11.3 Å². The predicted molar refractivity (Wildman–Crippen MR) is 81.8 cm³/mol. The molecule has 118 valence electrons. The molecule has 1 aromatic heterocycles. The van der Waals surface area contributed by atoms with E-state index >= 15 is 0 Å². The largest absolute Gasteiger partial charge is 0.478 e. The number of rotatable bonds is 6. The monoisotopic (exact) mass is 314 g/mol. The van der Waals surface area contributed by atoms with Gasteiger partial charge in [0.05, 0.1) is 5.56 Å². The number of nitrogens with one attached hydrogen (secondary N) is 2. The van der Waals surface area contributed by atoms with Crippen molar-refractivity contribution in [2.75, 3.05) is 6.54 Å². The number of alkyl carbamates (subject to hydrolysis) is 1. The fourth-order valence-electron chi connectivity index (χ4n) is 1.48. The standard InChI is InChI=1S/C14H22N2O4S/c1-9(6-16-13(19)20-14(2,3)4)15-7-11-5-10(8-21-11)12(17)18/h5,8-9,15H,6-7H2,1-4H3,(H,16,19)(H,17,18). The van der Waals surface area contributed by atoms with Crippen LogP contribution < -0.4 is 10.6 Å². The van der Waals surface area contributed by atoms with Crippen LogP contribution in [0.3, 0.4) is 0 Å². The van der Waals surface area contributed by atoms with Crippen LogP contribution in [-0.4, -0.2) is 35.4 Å². The van der Waals surface area contributed by atoms with E-state index in [-0.39, 0.29) is 6.04 Å². The summed E-state index contributed by atoms with van der Waals surface area (Å²) in [6.07, 6.45) is -0.444. The second-order valence-electron chi connectivity index (χ2n) is 5.77. The number of aromatic carboxylic acids is 1. The Kier molecular flexibility index (Phi) is 6.17. The topological polar surface area (TPSA) is 87.7 Å². The summed E-state index contributed by atoms with van der Waals surface area (Å²) < 4.78 is 5.14. The van der Waals surface area contributed by atoms with Gasteiger partial charge in [0.25, 0.3) is 0 Å². The van der Waals surface area contributed by atoms with Gasteiger partial charge in [0.2, 0.25) is 0 Å². The number of carboxylic acids is 1. The Morgan fingerprint density at radius 2 is 2.10 bits per heavy atom. The van der Waals surface area contributed by atoms with E-state index in [0.29, 0.717) is 18.7 Å². The Bertz CT molecular complexity index is 493. The van der Waals surface area contributed by atoms with E-state index in [1.807, 2.05) is 27.7 Å². The average Bonchev–Trinajstić information content (AvgIpc) is 2.80. The van der Waals surface area contributed by atoms with Crippen LogP contribution >= 0.6 is 11.3 Å². The van der Waals surface area contributed by atoms with Crippen molar-refractivity contribution in [2.45, 2.75) is 45.9 Å². The van der Waals surface area contributed by atoms with E-state index in [9.17, 15) is 9.59 Å². The Labute approximate surface area is 128 Å². The number of carbonyl (C=O) groups excluding carboxylic acids is 1. The highest BCUT2D eigenvalue weighted by molar-refractivity contribution is 7.10. The van der Waals surface area contributed by atoms with Crippen LogP contribution in [0, 0.1) is 0 Å². The van der Waals surface area contributed by atoms with Crippen LogP contribution in [0.15, 0.2) is 11.4 Å². The van der Waals surface area contributed by atoms with Crippen molar-refractivity contribution in [3.05, 3.63) is 21.9 Å². The molecular formula is C14H22N2O4S. The van der Waals surface area contributed by atoms with Crippen LogP contribution in [0.2, 0.25) is 0 Å². The highest BCUT2D eigenvalue weighted by Crippen LogP contribution is 2.14. The number of hydrogen-bond acceptors (Lipinski definition) is 5. The normalized spacial score (nSPS) is 12.8. The van der Waals surface area contributed by atoms with Crippen LogP contribution in [-0.2, 0) is 11.3 Å². The average molecular weight is 314 g/mol. The first kappa shape index (κ1) is 17.5. The molecule has 0 aliphatic heterocycles. The minimum Gasteiger partial charge on any atom is -0.478 e. The molecule has 0 aliphatic carbocycles. The third kappa shape index (κ3) is 7.10. The Balaban J connectivity index is 2.29. The molecule has 21 heavy (non-hydrogen) atoms. The third-order valence-electron chi connectivity index (χ3n) is 2.48. The Morgan fingerprint density at radius 3 is 2.62 bits per heavy atom. The van der Waals surface area contributed by atoms with Gasteiger partial charge in [0, 0.05) is 29.4 Å². The molecule has 3 N–H and O–H groups in total. The van der Waals surface area contributed by atoms with Gasteiger partial charge >= 0.3 is 12.1 Å². The van der Waals surface area contributed by atoms with Crippen molar-refractivity contribution in [3.63, 3.8) is 0 Å². The zero-order valence-corrected chi connectivity index (χ0v) is 13.5. The second-order valence-corrected chi connectivity index (χ2v) is 6.77. The van der Waals surface area contributed by atoms with Crippen LogP contribution in [0.1, 0.15) is 42.9 Å². The maximum absolute atomic E-state index is 11.5. The van der Waals surface area contributed by atoms with Gasteiger partial charge in [-0.15, -0.1) is 11.3 Å². The van der Waals surface area contributed by atoms with Crippen molar-refractivity contribution in [2.24, 2.45) is 0 Å². The van der Waals surface area contributed by atoms with Crippen LogP contribution in [0.4, 0.5) is 4.79 Å². The summed E-state index contributed by atoms with van der Waals surface area (Å²) >= 11 is 1.40. The van der Waals surface area contributed by atoms with Gasteiger partial charge in [-0.05, 0) is 33.8 Å². The molecule has 0 fully saturated rings. The molecule has 1 heterocycles. The van der Waals surface area contributed by atoms with Crippen molar-refractivity contribution < 1.29 is 19.4 Å². The zero-order chi connectivity index (χ0) is 16.0. The van der Waals surface area contributed by atoms with Gasteiger partial charge in [0.1, 0.15) is 5.60 Å². The van der Waals surface area contributed by atoms with Crippen molar-refractivity contribution in [1.82, 2.24) is 10.6 Å². The summed E-state index contributed by atoms with van der Waals surface area (Å²) in [6.45, 7) is 8.37. The summed E-state index contributed by atoms with van der Waals surface area (Å²) in [5.41, 5.74) is -0.207. The van der Waals surface area contributed by atoms with Crippen molar-refractivity contribution >= 4 is 23.4 Å². The highest BCUT2D eigenvalue weighted by Gasteiger charge is 2.16. The first-order chi connectivity index (χ1) is 9.67. The summed E-state index contributed by atoms with van der Waals surface area (Å²) in [5, 5.41) is 16.4. The molecule has 1 unspecified atom stereocenters. The Morgan fingerprint density at radius 1 is 1.43 bits per heavy atom. The van der Waals surface area contributed by atoms with Gasteiger partial charge in [-0.3, -0.25) is 0 Å². The summed E-state index contributed by atoms with van der Waals surface area (Å²) in [4.78, 5) is 23.2. The van der Waals surface area contributed by atoms with Gasteiger partial charge < -0.3 is 20.5 Å². The molecule has 0 aliphatic rings. The molecule has 0 bridgehead atoms. The van der Waals surface area contributed by atoms with Crippen molar-refractivity contribution in [1.29, 1.82) is 0 Å². The predicted octanol–water partition coefficient (Wildman–Crippen LogP) is 2.45. The molecule has 7 heteroatoms. The summed E-state index contributed by atoms with van der Waals surface area (Å²) in [6, 6.07) is 1.70. The highest BCUT2D eigenvalue weighted by atomic mass is 32.1. The van der Waals surface area contributed by atoms with E-state index in [0.717, 1.165) is 4.88 Å². The maximum atomic E-state index is 11.5. The Hall–Kier alpha value is -1.60. The van der Waals surface area contributed by atoms with Crippen LogP contribution in [0.5, 0.6) is 0 Å². The van der Waals surface area contributed by atoms with Crippen LogP contribution in [0.25, 0.3) is 0 Å². The molecule has 0 radical (unpaired) electrons. The SMILES string of the molecule is CC(CNC(=O)OC(C)(C)C)NCc1cc(C(=O)O)cs1. The molecule has 6 nitrogen and oxygen atoms in total. The lowest BCUT2D eigenvalue weighted by atomic mass is 10.2.